The van der Waals surface area contributed by atoms with Gasteiger partial charge in [0, 0.05) is 5.69 Å². The lowest BCUT2D eigenvalue weighted by Gasteiger charge is -2.04. The summed E-state index contributed by atoms with van der Waals surface area (Å²) in [5, 5.41) is 2.55. The lowest BCUT2D eigenvalue weighted by Crippen LogP contribution is -2.11. The minimum Gasteiger partial charge on any atom is -0.456 e. The fourth-order valence-electron chi connectivity index (χ4n) is 1.59. The molecule has 0 saturated heterocycles. The van der Waals surface area contributed by atoms with E-state index in [-0.39, 0.29) is 17.9 Å². The van der Waals surface area contributed by atoms with E-state index in [1.807, 2.05) is 0 Å². The molecule has 1 aromatic heterocycles. The number of hydrogen-bond donors (Lipinski definition) is 2. The maximum absolute atomic E-state index is 13.7. The third kappa shape index (κ3) is 3.25. The van der Waals surface area contributed by atoms with Crippen LogP contribution in [0.3, 0.4) is 0 Å². The first-order chi connectivity index (χ1) is 9.60. The maximum atomic E-state index is 13.7. The highest BCUT2D eigenvalue weighted by Crippen LogP contribution is 2.15. The Morgan fingerprint density at radius 1 is 1.40 bits per heavy atom. The first kappa shape index (κ1) is 13.8. The standard InChI is InChI=1S/C15H13FN2O2/c1-10-4-7-14(20-10)15(19)18-12-6-5-11(3-2-8-17)13(16)9-12/h4-7,9H,8,17H2,1H3,(H,18,19). The summed E-state index contributed by atoms with van der Waals surface area (Å²) in [5.74, 6) is 5.04. The van der Waals surface area contributed by atoms with Crippen molar-refractivity contribution in [2.45, 2.75) is 6.92 Å². The molecular weight excluding hydrogens is 259 g/mol. The van der Waals surface area contributed by atoms with E-state index in [2.05, 4.69) is 17.2 Å². The lowest BCUT2D eigenvalue weighted by molar-refractivity contribution is 0.0995. The van der Waals surface area contributed by atoms with Gasteiger partial charge in [-0.2, -0.15) is 0 Å². The highest BCUT2D eigenvalue weighted by Gasteiger charge is 2.11. The van der Waals surface area contributed by atoms with Crippen molar-refractivity contribution in [2.24, 2.45) is 5.73 Å². The van der Waals surface area contributed by atoms with Crippen LogP contribution >= 0.6 is 0 Å². The van der Waals surface area contributed by atoms with Gasteiger partial charge < -0.3 is 15.5 Å². The zero-order chi connectivity index (χ0) is 14.5. The predicted octanol–water partition coefficient (Wildman–Crippen LogP) is 2.29. The van der Waals surface area contributed by atoms with E-state index in [1.54, 1.807) is 25.1 Å². The Balaban J connectivity index is 2.14. The molecule has 3 N–H and O–H groups in total. The monoisotopic (exact) mass is 272 g/mol. The molecule has 0 aliphatic carbocycles. The molecule has 0 bridgehead atoms. The molecule has 4 nitrogen and oxygen atoms in total. The molecule has 102 valence electrons. The van der Waals surface area contributed by atoms with Crippen molar-refractivity contribution < 1.29 is 13.6 Å². The summed E-state index contributed by atoms with van der Waals surface area (Å²) in [6.07, 6.45) is 0. The zero-order valence-corrected chi connectivity index (χ0v) is 10.9. The van der Waals surface area contributed by atoms with Crippen LogP contribution in [0.25, 0.3) is 0 Å². The van der Waals surface area contributed by atoms with Crippen molar-refractivity contribution in [1.82, 2.24) is 0 Å². The van der Waals surface area contributed by atoms with Gasteiger partial charge in [0.15, 0.2) is 5.76 Å². The quantitative estimate of drug-likeness (QED) is 0.824. The molecule has 0 aliphatic rings. The van der Waals surface area contributed by atoms with Gasteiger partial charge in [-0.25, -0.2) is 4.39 Å². The highest BCUT2D eigenvalue weighted by molar-refractivity contribution is 6.02. The second kappa shape index (κ2) is 6.04. The van der Waals surface area contributed by atoms with Crippen LogP contribution in [0.1, 0.15) is 21.9 Å². The van der Waals surface area contributed by atoms with E-state index in [9.17, 15) is 9.18 Å². The normalized spacial score (nSPS) is 9.75. The summed E-state index contributed by atoms with van der Waals surface area (Å²) in [5.41, 5.74) is 5.80. The molecule has 2 aromatic rings. The number of carbonyl (C=O) groups is 1. The summed E-state index contributed by atoms with van der Waals surface area (Å²) in [4.78, 5) is 11.8. The number of carbonyl (C=O) groups excluding carboxylic acids is 1. The van der Waals surface area contributed by atoms with Gasteiger partial charge in [-0.3, -0.25) is 4.79 Å². The molecule has 0 radical (unpaired) electrons. The van der Waals surface area contributed by atoms with Crippen molar-refractivity contribution >= 4 is 11.6 Å². The van der Waals surface area contributed by atoms with E-state index in [1.165, 1.54) is 12.1 Å². The second-order valence-corrected chi connectivity index (χ2v) is 4.06. The fraction of sp³-hybridized carbons (Fsp3) is 0.133. The number of rotatable bonds is 2. The summed E-state index contributed by atoms with van der Waals surface area (Å²) >= 11 is 0. The molecule has 0 aliphatic heterocycles. The van der Waals surface area contributed by atoms with Crippen molar-refractivity contribution in [3.05, 3.63) is 53.2 Å². The molecule has 0 spiro atoms. The molecule has 2 rings (SSSR count). The van der Waals surface area contributed by atoms with Gasteiger partial charge in [0.1, 0.15) is 11.6 Å². The van der Waals surface area contributed by atoms with Gasteiger partial charge in [0.25, 0.3) is 5.91 Å². The van der Waals surface area contributed by atoms with Crippen LogP contribution < -0.4 is 11.1 Å². The first-order valence-corrected chi connectivity index (χ1v) is 5.96. The molecule has 1 amide bonds. The lowest BCUT2D eigenvalue weighted by atomic mass is 10.2. The summed E-state index contributed by atoms with van der Waals surface area (Å²) in [6.45, 7) is 1.90. The largest absolute Gasteiger partial charge is 0.456 e. The number of furan rings is 1. The molecule has 1 heterocycles. The molecule has 1 aromatic carbocycles. The number of hydrogen-bond acceptors (Lipinski definition) is 3. The van der Waals surface area contributed by atoms with E-state index in [0.717, 1.165) is 0 Å². The van der Waals surface area contributed by atoms with Gasteiger partial charge in [0.05, 0.1) is 12.1 Å². The van der Waals surface area contributed by atoms with Gasteiger partial charge >= 0.3 is 0 Å². The Hall–Kier alpha value is -2.58. The smallest absolute Gasteiger partial charge is 0.291 e. The van der Waals surface area contributed by atoms with E-state index >= 15 is 0 Å². The van der Waals surface area contributed by atoms with E-state index < -0.39 is 11.7 Å². The minimum absolute atomic E-state index is 0.162. The van der Waals surface area contributed by atoms with Gasteiger partial charge in [-0.05, 0) is 37.3 Å². The minimum atomic E-state index is -0.514. The number of anilines is 1. The molecule has 0 fully saturated rings. The first-order valence-electron chi connectivity index (χ1n) is 5.96. The average molecular weight is 272 g/mol. The molecule has 5 heteroatoms. The van der Waals surface area contributed by atoms with Crippen LogP contribution in [0.2, 0.25) is 0 Å². The third-order valence-electron chi connectivity index (χ3n) is 2.52. The molecule has 20 heavy (non-hydrogen) atoms. The van der Waals surface area contributed by atoms with E-state index in [4.69, 9.17) is 10.2 Å². The Morgan fingerprint density at radius 3 is 2.80 bits per heavy atom. The average Bonchev–Trinajstić information content (AvgIpc) is 2.85. The highest BCUT2D eigenvalue weighted by atomic mass is 19.1. The summed E-state index contributed by atoms with van der Waals surface area (Å²) < 4.78 is 18.9. The number of nitrogens with one attached hydrogen (secondary N) is 1. The van der Waals surface area contributed by atoms with Crippen molar-refractivity contribution in [1.29, 1.82) is 0 Å². The van der Waals surface area contributed by atoms with Crippen molar-refractivity contribution in [2.75, 3.05) is 11.9 Å². The Kier molecular flexibility index (Phi) is 4.18. The Morgan fingerprint density at radius 2 is 2.20 bits per heavy atom. The third-order valence-corrected chi connectivity index (χ3v) is 2.52. The van der Waals surface area contributed by atoms with Gasteiger partial charge in [-0.1, -0.05) is 11.8 Å². The Labute approximate surface area is 115 Å². The fourth-order valence-corrected chi connectivity index (χ4v) is 1.59. The van der Waals surface area contributed by atoms with Crippen molar-refractivity contribution in [3.63, 3.8) is 0 Å². The second-order valence-electron chi connectivity index (χ2n) is 4.06. The summed E-state index contributed by atoms with van der Waals surface area (Å²) in [7, 11) is 0. The molecular formula is C15H13FN2O2. The maximum Gasteiger partial charge on any atom is 0.291 e. The predicted molar refractivity (Wildman–Crippen MR) is 73.7 cm³/mol. The van der Waals surface area contributed by atoms with Crippen LogP contribution in [0.15, 0.2) is 34.7 Å². The van der Waals surface area contributed by atoms with Gasteiger partial charge in [-0.15, -0.1) is 0 Å². The zero-order valence-electron chi connectivity index (χ0n) is 10.9. The molecule has 0 atom stereocenters. The topological polar surface area (TPSA) is 68.3 Å². The molecule has 0 unspecified atom stereocenters. The number of halogens is 1. The van der Waals surface area contributed by atoms with Gasteiger partial charge in [0.2, 0.25) is 0 Å². The van der Waals surface area contributed by atoms with Crippen LogP contribution in [-0.2, 0) is 0 Å². The number of benzene rings is 1. The van der Waals surface area contributed by atoms with E-state index in [0.29, 0.717) is 11.4 Å². The number of nitrogens with two attached hydrogens (primary N) is 1. The van der Waals surface area contributed by atoms with Crippen LogP contribution in [0.5, 0.6) is 0 Å². The van der Waals surface area contributed by atoms with Crippen molar-refractivity contribution in [3.8, 4) is 11.8 Å². The summed E-state index contributed by atoms with van der Waals surface area (Å²) in [6, 6.07) is 7.50. The van der Waals surface area contributed by atoms with Crippen LogP contribution in [0, 0.1) is 24.6 Å². The van der Waals surface area contributed by atoms with Crippen LogP contribution in [0.4, 0.5) is 10.1 Å². The number of amides is 1. The SMILES string of the molecule is Cc1ccc(C(=O)Nc2ccc(C#CCN)c(F)c2)o1. The number of aryl methyl sites for hydroxylation is 1. The molecule has 0 saturated carbocycles. The van der Waals surface area contributed by atoms with Crippen LogP contribution in [-0.4, -0.2) is 12.5 Å². The Bertz CT molecular complexity index is 695.